The molecule has 0 aliphatic carbocycles. The fourth-order valence-electron chi connectivity index (χ4n) is 2.59. The average Bonchev–Trinajstić information content (AvgIpc) is 2.76. The molecule has 1 atom stereocenters. The third kappa shape index (κ3) is 7.23. The highest BCUT2D eigenvalue weighted by atomic mass is 32.2. The van der Waals surface area contributed by atoms with Crippen molar-refractivity contribution in [3.63, 3.8) is 0 Å². The fraction of sp³-hybridized carbons (Fsp3) is 0.381. The molecule has 2 aromatic carbocycles. The smallest absolute Gasteiger partial charge is 0.240 e. The van der Waals surface area contributed by atoms with Gasteiger partial charge in [0, 0.05) is 12.6 Å². The van der Waals surface area contributed by atoms with E-state index in [0.717, 1.165) is 23.6 Å². The first-order valence-corrected chi connectivity index (χ1v) is 11.2. The summed E-state index contributed by atoms with van der Waals surface area (Å²) in [6, 6.07) is 14.1. The van der Waals surface area contributed by atoms with Crippen LogP contribution in [-0.2, 0) is 16.6 Å². The van der Waals surface area contributed by atoms with Crippen molar-refractivity contribution in [3.8, 4) is 11.5 Å². The Hall–Kier alpha value is -2.78. The summed E-state index contributed by atoms with van der Waals surface area (Å²) in [5.74, 6) is 2.14. The molecule has 1 unspecified atom stereocenters. The van der Waals surface area contributed by atoms with Gasteiger partial charge in [0.1, 0.15) is 17.6 Å². The maximum atomic E-state index is 11.8. The number of nitrogens with zero attached hydrogens (tertiary/aromatic N) is 1. The van der Waals surface area contributed by atoms with Crippen LogP contribution in [0.15, 0.2) is 58.4 Å². The Morgan fingerprint density at radius 1 is 1.10 bits per heavy atom. The third-order valence-electron chi connectivity index (χ3n) is 4.20. The van der Waals surface area contributed by atoms with Crippen LogP contribution in [0.2, 0.25) is 0 Å². The molecule has 2 rings (SSSR count). The van der Waals surface area contributed by atoms with Crippen LogP contribution in [0.1, 0.15) is 19.4 Å². The lowest BCUT2D eigenvalue weighted by Gasteiger charge is -2.18. The minimum Gasteiger partial charge on any atom is -0.497 e. The molecule has 0 saturated carbocycles. The van der Waals surface area contributed by atoms with Crippen LogP contribution in [0.5, 0.6) is 11.5 Å². The maximum Gasteiger partial charge on any atom is 0.240 e. The van der Waals surface area contributed by atoms with Gasteiger partial charge in [-0.05, 0) is 50.7 Å². The largest absolute Gasteiger partial charge is 0.497 e. The van der Waals surface area contributed by atoms with Crippen molar-refractivity contribution in [2.24, 2.45) is 4.99 Å². The third-order valence-corrected chi connectivity index (χ3v) is 5.63. The quantitative estimate of drug-likeness (QED) is 0.391. The molecule has 0 aromatic heterocycles. The predicted molar refractivity (Wildman–Crippen MR) is 119 cm³/mol. The summed E-state index contributed by atoms with van der Waals surface area (Å²) in [5.41, 5.74) is 0.905. The zero-order valence-electron chi connectivity index (χ0n) is 17.8. The lowest BCUT2D eigenvalue weighted by atomic mass is 10.2. The van der Waals surface area contributed by atoms with Crippen molar-refractivity contribution in [3.05, 3.63) is 54.1 Å². The monoisotopic (exact) mass is 434 g/mol. The van der Waals surface area contributed by atoms with Crippen molar-refractivity contribution < 1.29 is 17.9 Å². The van der Waals surface area contributed by atoms with Gasteiger partial charge in [-0.3, -0.25) is 0 Å². The van der Waals surface area contributed by atoms with Crippen LogP contribution in [0.3, 0.4) is 0 Å². The summed E-state index contributed by atoms with van der Waals surface area (Å²) >= 11 is 0. The zero-order valence-corrected chi connectivity index (χ0v) is 18.6. The first-order valence-electron chi connectivity index (χ1n) is 9.73. The number of methoxy groups -OCH3 is 1. The van der Waals surface area contributed by atoms with E-state index in [1.165, 1.54) is 7.05 Å². The Morgan fingerprint density at radius 2 is 1.80 bits per heavy atom. The first kappa shape index (κ1) is 23.5. The number of hydrogen-bond donors (Lipinski definition) is 3. The van der Waals surface area contributed by atoms with E-state index in [9.17, 15) is 8.42 Å². The highest BCUT2D eigenvalue weighted by molar-refractivity contribution is 7.89. The van der Waals surface area contributed by atoms with Crippen molar-refractivity contribution in [1.82, 2.24) is 15.4 Å². The van der Waals surface area contributed by atoms with Crippen molar-refractivity contribution in [1.29, 1.82) is 0 Å². The standard InChI is InChI=1S/C21H30N4O4S/c1-5-23-21(24-14-16(2)29-19-8-6-7-18(13-19)28-4)25-15-17-9-11-20(12-10-17)30(26,27)22-3/h6-13,16,22H,5,14-15H2,1-4H3,(H2,23,24,25). The molecular weight excluding hydrogens is 404 g/mol. The summed E-state index contributed by atoms with van der Waals surface area (Å²) < 4.78 is 37.0. The molecule has 0 fully saturated rings. The van der Waals surface area contributed by atoms with Crippen LogP contribution < -0.4 is 24.8 Å². The summed E-state index contributed by atoms with van der Waals surface area (Å²) in [5, 5.41) is 6.45. The van der Waals surface area contributed by atoms with E-state index in [4.69, 9.17) is 9.47 Å². The second-order valence-electron chi connectivity index (χ2n) is 6.54. The second-order valence-corrected chi connectivity index (χ2v) is 8.42. The van der Waals surface area contributed by atoms with Gasteiger partial charge in [-0.1, -0.05) is 18.2 Å². The highest BCUT2D eigenvalue weighted by Crippen LogP contribution is 2.19. The Labute approximate surface area is 178 Å². The molecule has 0 heterocycles. The summed E-state index contributed by atoms with van der Waals surface area (Å²) in [7, 11) is -0.424. The molecule has 0 radical (unpaired) electrons. The number of nitrogens with one attached hydrogen (secondary N) is 3. The number of sulfonamides is 1. The average molecular weight is 435 g/mol. The van der Waals surface area contributed by atoms with Crippen LogP contribution in [0.25, 0.3) is 0 Å². The molecule has 0 saturated heterocycles. The Bertz CT molecular complexity index is 930. The van der Waals surface area contributed by atoms with Gasteiger partial charge in [0.25, 0.3) is 0 Å². The van der Waals surface area contributed by atoms with Crippen LogP contribution >= 0.6 is 0 Å². The fourth-order valence-corrected chi connectivity index (χ4v) is 3.32. The molecule has 164 valence electrons. The molecule has 2 aromatic rings. The van der Waals surface area contributed by atoms with Crippen molar-refractivity contribution in [2.75, 3.05) is 27.2 Å². The lowest BCUT2D eigenvalue weighted by molar-refractivity contribution is 0.223. The Kier molecular flexibility index (Phi) is 8.94. The number of benzene rings is 2. The van der Waals surface area contributed by atoms with E-state index in [1.807, 2.05) is 38.1 Å². The van der Waals surface area contributed by atoms with Gasteiger partial charge >= 0.3 is 0 Å². The highest BCUT2D eigenvalue weighted by Gasteiger charge is 2.10. The summed E-state index contributed by atoms with van der Waals surface area (Å²) in [4.78, 5) is 4.78. The number of rotatable bonds is 10. The van der Waals surface area contributed by atoms with Gasteiger partial charge in [0.05, 0.1) is 25.1 Å². The molecule has 0 spiro atoms. The molecule has 9 heteroatoms. The Balaban J connectivity index is 1.93. The normalized spacial score (nSPS) is 12.9. The van der Waals surface area contributed by atoms with Crippen LogP contribution in [-0.4, -0.2) is 47.7 Å². The molecule has 0 amide bonds. The maximum absolute atomic E-state index is 11.8. The minimum atomic E-state index is -3.44. The minimum absolute atomic E-state index is 0.0907. The van der Waals surface area contributed by atoms with Crippen LogP contribution in [0.4, 0.5) is 0 Å². The molecular formula is C21H30N4O4S. The first-order chi connectivity index (χ1) is 14.4. The van der Waals surface area contributed by atoms with Crippen LogP contribution in [0, 0.1) is 0 Å². The van der Waals surface area contributed by atoms with Crippen molar-refractivity contribution >= 4 is 16.0 Å². The van der Waals surface area contributed by atoms with E-state index in [2.05, 4.69) is 20.3 Å². The van der Waals surface area contributed by atoms with E-state index < -0.39 is 10.0 Å². The molecule has 0 aliphatic heterocycles. The Morgan fingerprint density at radius 3 is 2.43 bits per heavy atom. The number of ether oxygens (including phenoxy) is 2. The van der Waals surface area contributed by atoms with Gasteiger partial charge in [0.15, 0.2) is 5.96 Å². The summed E-state index contributed by atoms with van der Waals surface area (Å²) in [6.07, 6.45) is -0.0907. The van der Waals surface area contributed by atoms with E-state index >= 15 is 0 Å². The van der Waals surface area contributed by atoms with Gasteiger partial charge in [-0.25, -0.2) is 18.1 Å². The van der Waals surface area contributed by atoms with Crippen molar-refractivity contribution in [2.45, 2.75) is 31.4 Å². The van der Waals surface area contributed by atoms with Gasteiger partial charge in [0.2, 0.25) is 10.0 Å². The zero-order chi connectivity index (χ0) is 22.0. The summed E-state index contributed by atoms with van der Waals surface area (Å²) in [6.45, 7) is 5.65. The molecule has 3 N–H and O–H groups in total. The van der Waals surface area contributed by atoms with Gasteiger partial charge in [-0.15, -0.1) is 0 Å². The topological polar surface area (TPSA) is 101 Å². The number of hydrogen-bond acceptors (Lipinski definition) is 5. The molecule has 0 bridgehead atoms. The lowest BCUT2D eigenvalue weighted by Crippen LogP contribution is -2.41. The van der Waals surface area contributed by atoms with E-state index in [1.54, 1.807) is 31.4 Å². The van der Waals surface area contributed by atoms with Gasteiger partial charge < -0.3 is 20.1 Å². The molecule has 8 nitrogen and oxygen atoms in total. The predicted octanol–water partition coefficient (Wildman–Crippen LogP) is 2.13. The molecule has 0 aliphatic rings. The SMILES string of the molecule is CCNC(=NCc1ccc(S(=O)(=O)NC)cc1)NCC(C)Oc1cccc(OC)c1. The number of aliphatic imine (C=N–C) groups is 1. The van der Waals surface area contributed by atoms with Gasteiger partial charge in [-0.2, -0.15) is 0 Å². The van der Waals surface area contributed by atoms with E-state index in [0.29, 0.717) is 19.0 Å². The molecule has 30 heavy (non-hydrogen) atoms. The second kappa shape index (κ2) is 11.4. The number of guanidine groups is 1. The van der Waals surface area contributed by atoms with E-state index in [-0.39, 0.29) is 11.0 Å².